The van der Waals surface area contributed by atoms with E-state index >= 15 is 0 Å². The number of aromatic nitrogens is 8. The number of likely N-dealkylation sites (tertiary alicyclic amines) is 1. The van der Waals surface area contributed by atoms with Crippen LogP contribution >= 0.6 is 0 Å². The summed E-state index contributed by atoms with van der Waals surface area (Å²) in [6.07, 6.45) is 4.50. The van der Waals surface area contributed by atoms with Crippen molar-refractivity contribution in [2.75, 3.05) is 43.9 Å². The molecule has 4 aromatic heterocycles. The predicted octanol–water partition coefficient (Wildman–Crippen LogP) is 4.04. The number of carboxylic acid groups (broad SMARTS) is 2. The molecule has 2 saturated heterocycles. The van der Waals surface area contributed by atoms with Crippen molar-refractivity contribution in [3.05, 3.63) is 178 Å². The van der Waals surface area contributed by atoms with Crippen LogP contribution in [0.2, 0.25) is 0 Å². The second-order valence-electron chi connectivity index (χ2n) is 21.2. The second kappa shape index (κ2) is 36.2. The number of nitrogens with one attached hydrogen (secondary N) is 5. The molecule has 10 aromatic rings. The van der Waals surface area contributed by atoms with Crippen LogP contribution in [0.3, 0.4) is 0 Å². The van der Waals surface area contributed by atoms with Gasteiger partial charge in [-0.3, -0.25) is 33.3 Å². The Morgan fingerprint density at radius 2 is 0.871 bits per heavy atom. The summed E-state index contributed by atoms with van der Waals surface area (Å²) in [4.78, 5) is 106. The molecule has 0 unspecified atom stereocenters. The van der Waals surface area contributed by atoms with E-state index in [1.54, 1.807) is 12.1 Å². The number of amides is 2. The maximum absolute atomic E-state index is 13.3. The van der Waals surface area contributed by atoms with E-state index in [9.17, 15) is 28.8 Å². The third-order valence-corrected chi connectivity index (χ3v) is 14.4. The van der Waals surface area contributed by atoms with Crippen molar-refractivity contribution in [3.63, 3.8) is 0 Å². The van der Waals surface area contributed by atoms with Crippen molar-refractivity contribution in [2.24, 2.45) is 11.8 Å². The first-order chi connectivity index (χ1) is 43.8. The topological polar surface area (TPSA) is 348 Å². The molecule has 0 aliphatic carbocycles. The summed E-state index contributed by atoms with van der Waals surface area (Å²) >= 11 is 0. The van der Waals surface area contributed by atoms with Gasteiger partial charge in [0, 0.05) is 92.3 Å². The zero-order chi connectivity index (χ0) is 65.6. The van der Waals surface area contributed by atoms with Crippen molar-refractivity contribution < 1.29 is 83.1 Å². The first kappa shape index (κ1) is 73.7. The van der Waals surface area contributed by atoms with Gasteiger partial charge in [0.15, 0.2) is 11.4 Å². The van der Waals surface area contributed by atoms with Gasteiger partial charge in [-0.05, 0) is 126 Å². The van der Waals surface area contributed by atoms with E-state index in [1.807, 2.05) is 150 Å². The Labute approximate surface area is 558 Å². The maximum atomic E-state index is 13.3. The second-order valence-corrected chi connectivity index (χ2v) is 21.2. The average molecular weight is 1270 g/mol. The van der Waals surface area contributed by atoms with Crippen molar-refractivity contribution in [1.29, 1.82) is 0 Å². The third kappa shape index (κ3) is 20.8. The smallest absolute Gasteiger partial charge is 0.550 e. The number of anilines is 2. The molecule has 12 rings (SSSR count). The molecule has 6 aromatic carbocycles. The van der Waals surface area contributed by atoms with Gasteiger partial charge in [-0.25, -0.2) is 29.6 Å². The number of benzene rings is 6. The number of aliphatic carboxylic acids is 2. The molecule has 25 nitrogen and oxygen atoms in total. The monoisotopic (exact) mass is 1270 g/mol. The number of piperidine rings is 2. The van der Waals surface area contributed by atoms with Gasteiger partial charge in [-0.1, -0.05) is 97.1 Å². The fourth-order valence-electron chi connectivity index (χ4n) is 10.3. The van der Waals surface area contributed by atoms with E-state index < -0.39 is 23.9 Å². The Bertz CT molecular complexity index is 4260. The zero-order valence-electron chi connectivity index (χ0n) is 52.3. The number of hydrogen-bond donors (Lipinski definition) is 6. The molecule has 93 heavy (non-hydrogen) atoms. The van der Waals surface area contributed by atoms with Gasteiger partial charge in [0.2, 0.25) is 0 Å². The predicted molar refractivity (Wildman–Crippen MR) is 347 cm³/mol. The van der Waals surface area contributed by atoms with Gasteiger partial charge in [-0.15, -0.1) is 0 Å². The Kier molecular flexibility index (Phi) is 28.7. The Morgan fingerprint density at radius 3 is 1.23 bits per heavy atom. The fourth-order valence-corrected chi connectivity index (χ4v) is 10.3. The van der Waals surface area contributed by atoms with E-state index in [0.29, 0.717) is 56.8 Å². The third-order valence-electron chi connectivity index (χ3n) is 14.4. The molecule has 27 heteroatoms. The summed E-state index contributed by atoms with van der Waals surface area (Å²) in [5.74, 6) is -2.56. The molecular weight excluding hydrogens is 1200 g/mol. The number of carbonyl (C=O) groups is 7. The van der Waals surface area contributed by atoms with Crippen LogP contribution in [-0.4, -0.2) is 134 Å². The van der Waals surface area contributed by atoms with Crippen molar-refractivity contribution in [2.45, 2.75) is 66.5 Å². The molecule has 2 aliphatic heterocycles. The van der Waals surface area contributed by atoms with Gasteiger partial charge in [0.05, 0.1) is 33.2 Å². The normalized spacial score (nSPS) is 12.7. The number of nitrogens with zero attached hydrogens (tertiary/aromatic N) is 7. The van der Waals surface area contributed by atoms with Crippen molar-refractivity contribution in [3.8, 4) is 22.5 Å². The van der Waals surface area contributed by atoms with Crippen LogP contribution in [0.15, 0.2) is 155 Å². The summed E-state index contributed by atoms with van der Waals surface area (Å²) in [6, 6.07) is 45.5. The fraction of sp³-hybridized carbons (Fsp3) is 0.258. The largest absolute Gasteiger partial charge is 1.00 e. The quantitative estimate of drug-likeness (QED) is 0.0639. The number of H-pyrrole nitrogens is 2. The molecule has 0 saturated carbocycles. The van der Waals surface area contributed by atoms with Crippen molar-refractivity contribution >= 4 is 106 Å². The minimum absolute atomic E-state index is 0. The molecule has 6 N–H and O–H groups in total. The first-order valence-corrected chi connectivity index (χ1v) is 28.9. The van der Waals surface area contributed by atoms with Crippen LogP contribution in [0.4, 0.5) is 11.4 Å². The van der Waals surface area contributed by atoms with Gasteiger partial charge in [0.1, 0.15) is 6.79 Å². The number of para-hydroxylation sites is 2. The summed E-state index contributed by atoms with van der Waals surface area (Å²) in [6.45, 7) is 12.2. The number of aromatic amines is 2. The zero-order valence-corrected chi connectivity index (χ0v) is 54.3. The summed E-state index contributed by atoms with van der Waals surface area (Å²) in [5, 5.41) is 53.3. The Morgan fingerprint density at radius 1 is 0.548 bits per heavy atom. The molecular formula is C66H69BN12NaO13. The van der Waals surface area contributed by atoms with E-state index in [-0.39, 0.29) is 60.9 Å². The average Bonchev–Trinajstić information content (AvgIpc) is 1.79. The van der Waals surface area contributed by atoms with Gasteiger partial charge in [0.25, 0.3) is 28.9 Å². The van der Waals surface area contributed by atoms with Crippen molar-refractivity contribution in [1.82, 2.24) is 50.2 Å². The van der Waals surface area contributed by atoms with Crippen LogP contribution in [0.5, 0.6) is 0 Å². The van der Waals surface area contributed by atoms with E-state index in [1.165, 1.54) is 0 Å². The summed E-state index contributed by atoms with van der Waals surface area (Å²) < 4.78 is 3.98. The SMILES string of the molecule is C=O.CC(=O)O.CC(=O)OOC(C)=O.CC(=O)[O-].CN1CCC(Cn2nc(C(=O)Nc3ccc(-c4n[nH]c(=O)c5ccccc45)cc3)c3ccccc32)CC1.O=C(Nc1ccc(-c2n[nH]c(=O)c3ccccc23)cc1)c1nn(CC2CCNCC2)c2ccccc12.[B].[Na+]. The van der Waals surface area contributed by atoms with Crippen LogP contribution in [0.1, 0.15) is 74.4 Å². The number of carbonyl (C=O) groups excluding carboxylic acids is 6. The Balaban J connectivity index is 0.000000264. The molecule has 2 amide bonds. The van der Waals surface area contributed by atoms with Gasteiger partial charge in [-0.2, -0.15) is 20.4 Å². The summed E-state index contributed by atoms with van der Waals surface area (Å²) in [5.41, 5.74) is 6.78. The molecule has 475 valence electrons. The van der Waals surface area contributed by atoms with Crippen LogP contribution in [-0.2, 0) is 46.8 Å². The molecule has 0 bridgehead atoms. The van der Waals surface area contributed by atoms with Crippen LogP contribution < -0.4 is 61.7 Å². The number of fused-ring (bicyclic) bond motifs is 4. The van der Waals surface area contributed by atoms with Crippen LogP contribution in [0, 0.1) is 11.8 Å². The Hall–Kier alpha value is -9.99. The number of rotatable bonds is 10. The van der Waals surface area contributed by atoms with E-state index in [4.69, 9.17) is 34.8 Å². The van der Waals surface area contributed by atoms with E-state index in [0.717, 1.165) is 136 Å². The molecule has 0 spiro atoms. The van der Waals surface area contributed by atoms with Crippen LogP contribution in [0.25, 0.3) is 65.9 Å². The molecule has 3 radical (unpaired) electrons. The van der Waals surface area contributed by atoms with Gasteiger partial charge < -0.3 is 40.7 Å². The molecule has 2 fully saturated rings. The van der Waals surface area contributed by atoms with E-state index in [2.05, 4.69) is 58.1 Å². The standard InChI is InChI=1S/C29H28N6O2.C28H26N6O2.C4H6O4.2C2H4O2.CH2O.B.Na/c1-34-16-14-19(15-17-34)18-35-25-9-5-4-8-24(25)27(33-35)29(37)30-21-12-10-20(11-13-21)26-22-6-2-3-7-23(22)28(36)32-31-26;35-27-22-6-2-1-5-21(22)25(31-32-27)19-9-11-20(12-10-19)30-28(36)26-23-7-3-4-8-24(23)34(33-26)17-18-13-15-29-16-14-18;1-3(5)7-8-4(2)6;2*1-2(3)4;1-2;;/h2-13,19H,14-18H2,1H3,(H,30,37)(H,32,36);1-12,18,29H,13-17H2,(H,30,36)(H,32,35);1-2H3;2*1H3,(H,3,4);1H2;;/q;;;;;;;+1/p-1. The molecule has 0 atom stereocenters. The first-order valence-electron chi connectivity index (χ1n) is 28.9. The summed E-state index contributed by atoms with van der Waals surface area (Å²) in [7, 11) is 2.16. The minimum Gasteiger partial charge on any atom is -0.550 e. The molecule has 2 aliphatic rings. The van der Waals surface area contributed by atoms with Gasteiger partial charge >= 0.3 is 41.5 Å². The minimum atomic E-state index is -1.08. The number of hydrogen-bond acceptors (Lipinski definition) is 18. The molecule has 6 heterocycles. The maximum Gasteiger partial charge on any atom is 1.00 e. The number of carboxylic acids is 2.